The molecule has 2 fully saturated rings. The fourth-order valence-corrected chi connectivity index (χ4v) is 5.01. The molecule has 0 bridgehead atoms. The Labute approximate surface area is 188 Å². The zero-order chi connectivity index (χ0) is 22.0. The Balaban J connectivity index is 1.26. The van der Waals surface area contributed by atoms with Crippen molar-refractivity contribution in [1.82, 2.24) is 4.90 Å². The molecule has 1 saturated carbocycles. The minimum absolute atomic E-state index is 0.0742. The van der Waals surface area contributed by atoms with Gasteiger partial charge in [0.25, 0.3) is 0 Å². The van der Waals surface area contributed by atoms with Crippen molar-refractivity contribution in [3.63, 3.8) is 0 Å². The van der Waals surface area contributed by atoms with Crippen LogP contribution in [-0.4, -0.2) is 60.0 Å². The lowest BCUT2D eigenvalue weighted by molar-refractivity contribution is -0.141. The van der Waals surface area contributed by atoms with Crippen molar-refractivity contribution < 1.29 is 24.1 Å². The number of hydrogen-bond donors (Lipinski definition) is 2. The molecule has 2 heterocycles. The van der Waals surface area contributed by atoms with Crippen molar-refractivity contribution in [2.75, 3.05) is 31.6 Å². The third-order valence-electron chi connectivity index (χ3n) is 6.64. The zero-order valence-corrected chi connectivity index (χ0v) is 18.2. The molecule has 170 valence electrons. The van der Waals surface area contributed by atoms with E-state index in [0.717, 1.165) is 31.4 Å². The molecular weight excluding hydrogens is 408 g/mol. The Kier molecular flexibility index (Phi) is 5.83. The van der Waals surface area contributed by atoms with Gasteiger partial charge in [0, 0.05) is 18.7 Å². The van der Waals surface area contributed by atoms with Crippen LogP contribution >= 0.6 is 0 Å². The quantitative estimate of drug-likeness (QED) is 0.746. The van der Waals surface area contributed by atoms with Gasteiger partial charge in [0.05, 0.1) is 6.54 Å². The van der Waals surface area contributed by atoms with Gasteiger partial charge in [-0.1, -0.05) is 37.1 Å². The van der Waals surface area contributed by atoms with E-state index in [9.17, 15) is 9.90 Å². The first-order valence-electron chi connectivity index (χ1n) is 11.5. The maximum Gasteiger partial charge on any atom is 0.248 e. The minimum Gasteiger partial charge on any atom is -0.486 e. The van der Waals surface area contributed by atoms with Crippen molar-refractivity contribution in [2.45, 2.75) is 49.9 Å². The van der Waals surface area contributed by atoms with Gasteiger partial charge < -0.3 is 29.5 Å². The summed E-state index contributed by atoms with van der Waals surface area (Å²) >= 11 is 0. The van der Waals surface area contributed by atoms with E-state index in [1.807, 2.05) is 48.5 Å². The molecular formula is C25H30N2O5. The number of para-hydroxylation sites is 2. The molecule has 2 N–H and O–H groups in total. The van der Waals surface area contributed by atoms with Gasteiger partial charge >= 0.3 is 0 Å². The highest BCUT2D eigenvalue weighted by atomic mass is 16.6. The number of amides is 1. The number of ether oxygens (including phenoxy) is 3. The highest BCUT2D eigenvalue weighted by molar-refractivity contribution is 5.90. The smallest absolute Gasteiger partial charge is 0.248 e. The average Bonchev–Trinajstić information content (AvgIpc) is 3.30. The van der Waals surface area contributed by atoms with E-state index in [1.54, 1.807) is 4.90 Å². The number of carbonyl (C=O) groups is 1. The monoisotopic (exact) mass is 438 g/mol. The molecule has 2 aromatic carbocycles. The number of carbonyl (C=O) groups excluding carboxylic acids is 1. The van der Waals surface area contributed by atoms with Crippen molar-refractivity contribution in [3.8, 4) is 17.2 Å². The summed E-state index contributed by atoms with van der Waals surface area (Å²) in [7, 11) is 0. The van der Waals surface area contributed by atoms with Crippen LogP contribution in [0, 0.1) is 0 Å². The van der Waals surface area contributed by atoms with Crippen molar-refractivity contribution in [3.05, 3.63) is 48.5 Å². The highest BCUT2D eigenvalue weighted by Gasteiger charge is 2.45. The number of fused-ring (bicyclic) bond motifs is 1. The molecule has 7 nitrogen and oxygen atoms in total. The molecule has 32 heavy (non-hydrogen) atoms. The van der Waals surface area contributed by atoms with Gasteiger partial charge in [0.2, 0.25) is 11.7 Å². The highest BCUT2D eigenvalue weighted by Crippen LogP contribution is 2.40. The fraction of sp³-hybridized carbons (Fsp3) is 0.480. The third kappa shape index (κ3) is 4.09. The second-order valence-electron chi connectivity index (χ2n) is 8.82. The van der Waals surface area contributed by atoms with Crippen LogP contribution in [0.1, 0.15) is 32.1 Å². The summed E-state index contributed by atoms with van der Waals surface area (Å²) in [5, 5.41) is 14.4. The predicted molar refractivity (Wildman–Crippen MR) is 120 cm³/mol. The van der Waals surface area contributed by atoms with E-state index in [1.165, 1.54) is 0 Å². The lowest BCUT2D eigenvalue weighted by Gasteiger charge is -2.41. The molecule has 2 aromatic rings. The van der Waals surface area contributed by atoms with Crippen molar-refractivity contribution in [2.24, 2.45) is 0 Å². The van der Waals surface area contributed by atoms with Crippen molar-refractivity contribution >= 4 is 11.6 Å². The summed E-state index contributed by atoms with van der Waals surface area (Å²) in [5.74, 6) is 1.89. The maximum absolute atomic E-state index is 13.6. The maximum atomic E-state index is 13.6. The number of anilines is 1. The topological polar surface area (TPSA) is 80.3 Å². The van der Waals surface area contributed by atoms with E-state index >= 15 is 0 Å². The van der Waals surface area contributed by atoms with Gasteiger partial charge in [0.1, 0.15) is 31.0 Å². The Morgan fingerprint density at radius 3 is 2.62 bits per heavy atom. The molecule has 0 spiro atoms. The lowest BCUT2D eigenvalue weighted by Crippen LogP contribution is -2.58. The average molecular weight is 439 g/mol. The first-order chi connectivity index (χ1) is 15.6. The number of aliphatic hydroxyl groups excluding tert-OH is 1. The first kappa shape index (κ1) is 20.9. The minimum atomic E-state index is -0.775. The first-order valence-corrected chi connectivity index (χ1v) is 11.5. The fourth-order valence-electron chi connectivity index (χ4n) is 5.01. The predicted octanol–water partition coefficient (Wildman–Crippen LogP) is 3.22. The van der Waals surface area contributed by atoms with Crippen LogP contribution in [0.2, 0.25) is 0 Å². The normalized spacial score (nSPS) is 24.1. The van der Waals surface area contributed by atoms with Crippen LogP contribution < -0.4 is 19.5 Å². The van der Waals surface area contributed by atoms with Gasteiger partial charge in [-0.2, -0.15) is 0 Å². The number of likely N-dealkylation sites (tertiary alicyclic amines) is 1. The Hall–Kier alpha value is -2.93. The zero-order valence-electron chi connectivity index (χ0n) is 18.2. The largest absolute Gasteiger partial charge is 0.486 e. The standard InChI is InChI=1S/C25H30N2O5/c28-19-17-27(24(29)25(12-4-5-13-25)26-18-7-2-1-3-8-18)14-11-20(19)32-22-10-6-9-21-23(22)31-16-15-30-21/h1-3,6-10,19-20,26,28H,4-5,11-17H2/t19-,20-/m1/s1. The Morgan fingerprint density at radius 2 is 1.84 bits per heavy atom. The molecule has 1 saturated heterocycles. The Bertz CT molecular complexity index is 945. The molecule has 5 rings (SSSR count). The number of piperidine rings is 1. The van der Waals surface area contributed by atoms with Crippen LogP contribution in [0.4, 0.5) is 5.69 Å². The van der Waals surface area contributed by atoms with E-state index < -0.39 is 17.7 Å². The van der Waals surface area contributed by atoms with Crippen molar-refractivity contribution in [1.29, 1.82) is 0 Å². The summed E-state index contributed by atoms with van der Waals surface area (Å²) in [5.41, 5.74) is 0.357. The van der Waals surface area contributed by atoms with E-state index in [4.69, 9.17) is 14.2 Å². The SMILES string of the molecule is O=C(N1CC[C@@H](Oc2cccc3c2OCCO3)[C@H](O)C1)C1(Nc2ccccc2)CCCC1. The summed E-state index contributed by atoms with van der Waals surface area (Å²) in [6.07, 6.45) is 3.03. The summed E-state index contributed by atoms with van der Waals surface area (Å²) in [4.78, 5) is 15.4. The summed E-state index contributed by atoms with van der Waals surface area (Å²) in [6, 6.07) is 15.4. The number of nitrogens with zero attached hydrogens (tertiary/aromatic N) is 1. The second-order valence-corrected chi connectivity index (χ2v) is 8.82. The van der Waals surface area contributed by atoms with Crippen LogP contribution in [-0.2, 0) is 4.79 Å². The Morgan fingerprint density at radius 1 is 1.06 bits per heavy atom. The molecule has 1 aliphatic carbocycles. The molecule has 3 aliphatic rings. The van der Waals surface area contributed by atoms with Crippen LogP contribution in [0.5, 0.6) is 17.2 Å². The van der Waals surface area contributed by atoms with Gasteiger partial charge in [-0.15, -0.1) is 0 Å². The molecule has 7 heteroatoms. The number of hydrogen-bond acceptors (Lipinski definition) is 6. The number of aliphatic hydroxyl groups is 1. The van der Waals surface area contributed by atoms with E-state index in [-0.39, 0.29) is 12.5 Å². The molecule has 2 aliphatic heterocycles. The summed E-state index contributed by atoms with van der Waals surface area (Å²) < 4.78 is 17.5. The van der Waals surface area contributed by atoms with E-state index in [2.05, 4.69) is 5.32 Å². The van der Waals surface area contributed by atoms with Crippen LogP contribution in [0.3, 0.4) is 0 Å². The van der Waals surface area contributed by atoms with Gasteiger partial charge in [-0.25, -0.2) is 0 Å². The van der Waals surface area contributed by atoms with Gasteiger partial charge in [-0.05, 0) is 37.1 Å². The van der Waals surface area contributed by atoms with E-state index in [0.29, 0.717) is 43.4 Å². The molecule has 0 radical (unpaired) electrons. The molecule has 2 atom stereocenters. The van der Waals surface area contributed by atoms with Crippen LogP contribution in [0.15, 0.2) is 48.5 Å². The molecule has 0 aromatic heterocycles. The van der Waals surface area contributed by atoms with Gasteiger partial charge in [-0.3, -0.25) is 4.79 Å². The molecule has 0 unspecified atom stereocenters. The lowest BCUT2D eigenvalue weighted by atomic mass is 9.92. The van der Waals surface area contributed by atoms with Gasteiger partial charge in [0.15, 0.2) is 11.5 Å². The van der Waals surface area contributed by atoms with Crippen LogP contribution in [0.25, 0.3) is 0 Å². The number of nitrogens with one attached hydrogen (secondary N) is 1. The number of β-amino-alcohol motifs (C(OH)–C–C–N with tert-alkyl or cyclic N) is 1. The third-order valence-corrected chi connectivity index (χ3v) is 6.64. The number of benzene rings is 2. The molecule has 1 amide bonds. The second kappa shape index (κ2) is 8.90. The number of rotatable bonds is 5. The summed E-state index contributed by atoms with van der Waals surface area (Å²) in [6.45, 7) is 1.79.